The Labute approximate surface area is 92.1 Å². The first-order valence-electron chi connectivity index (χ1n) is 5.60. The highest BCUT2D eigenvalue weighted by Crippen LogP contribution is 2.22. The molecular formula is C12H20N2O. The molecule has 0 spiro atoms. The van der Waals surface area contributed by atoms with Crippen LogP contribution in [-0.2, 0) is 4.79 Å². The van der Waals surface area contributed by atoms with Crippen LogP contribution in [0.3, 0.4) is 0 Å². The number of hydrogen-bond acceptors (Lipinski definition) is 2. The summed E-state index contributed by atoms with van der Waals surface area (Å²) in [5.74, 6) is 0.241. The molecule has 0 N–H and O–H groups in total. The van der Waals surface area contributed by atoms with Gasteiger partial charge in [-0.25, -0.2) is 0 Å². The molecule has 0 saturated carbocycles. The standard InChI is InChI=1S/C12H20N2O/c1-12(2,3)7-11(15)14-6-4-5-10(8-13)9-14/h10H,4-7,9H2,1-3H3. The lowest BCUT2D eigenvalue weighted by Gasteiger charge is -2.31. The molecule has 1 amide bonds. The SMILES string of the molecule is CC(C)(C)CC(=O)N1CCCC(C#N)C1. The van der Waals surface area contributed by atoms with Gasteiger partial charge in [-0.3, -0.25) is 4.79 Å². The van der Waals surface area contributed by atoms with E-state index in [2.05, 4.69) is 26.8 Å². The molecule has 0 radical (unpaired) electrons. The average molecular weight is 208 g/mol. The van der Waals surface area contributed by atoms with E-state index in [-0.39, 0.29) is 17.2 Å². The van der Waals surface area contributed by atoms with Crippen LogP contribution in [0.4, 0.5) is 0 Å². The molecule has 3 nitrogen and oxygen atoms in total. The van der Waals surface area contributed by atoms with Crippen LogP contribution >= 0.6 is 0 Å². The van der Waals surface area contributed by atoms with Crippen molar-refractivity contribution in [1.29, 1.82) is 5.26 Å². The minimum atomic E-state index is 0.0384. The largest absolute Gasteiger partial charge is 0.341 e. The number of likely N-dealkylation sites (tertiary alicyclic amines) is 1. The molecule has 0 aromatic carbocycles. The summed E-state index contributed by atoms with van der Waals surface area (Å²) in [7, 11) is 0. The van der Waals surface area contributed by atoms with Crippen molar-refractivity contribution in [3.63, 3.8) is 0 Å². The second-order valence-corrected chi connectivity index (χ2v) is 5.55. The van der Waals surface area contributed by atoms with Crippen molar-refractivity contribution in [2.45, 2.75) is 40.0 Å². The van der Waals surface area contributed by atoms with Crippen molar-refractivity contribution in [3.05, 3.63) is 0 Å². The normalized spacial score (nSPS) is 22.3. The minimum Gasteiger partial charge on any atom is -0.341 e. The summed E-state index contributed by atoms with van der Waals surface area (Å²) in [6.45, 7) is 7.66. The highest BCUT2D eigenvalue weighted by molar-refractivity contribution is 5.76. The number of piperidine rings is 1. The lowest BCUT2D eigenvalue weighted by Crippen LogP contribution is -2.40. The molecule has 0 bridgehead atoms. The molecule has 3 heteroatoms. The van der Waals surface area contributed by atoms with E-state index in [9.17, 15) is 4.79 Å². The van der Waals surface area contributed by atoms with Gasteiger partial charge < -0.3 is 4.90 Å². The second-order valence-electron chi connectivity index (χ2n) is 5.55. The van der Waals surface area contributed by atoms with Gasteiger partial charge in [0.25, 0.3) is 0 Å². The fraction of sp³-hybridized carbons (Fsp3) is 0.833. The van der Waals surface area contributed by atoms with Gasteiger partial charge in [-0.15, -0.1) is 0 Å². The van der Waals surface area contributed by atoms with Crippen LogP contribution < -0.4 is 0 Å². The average Bonchev–Trinajstić information content (AvgIpc) is 2.15. The first-order valence-corrected chi connectivity index (χ1v) is 5.60. The van der Waals surface area contributed by atoms with E-state index >= 15 is 0 Å². The number of carbonyl (C=O) groups is 1. The van der Waals surface area contributed by atoms with Crippen LogP contribution in [0.1, 0.15) is 40.0 Å². The van der Waals surface area contributed by atoms with Gasteiger partial charge in [-0.1, -0.05) is 20.8 Å². The zero-order chi connectivity index (χ0) is 11.5. The van der Waals surface area contributed by atoms with E-state index in [1.165, 1.54) is 0 Å². The maximum Gasteiger partial charge on any atom is 0.223 e. The van der Waals surface area contributed by atoms with E-state index in [1.807, 2.05) is 4.90 Å². The Balaban J connectivity index is 2.50. The van der Waals surface area contributed by atoms with Crippen molar-refractivity contribution in [2.75, 3.05) is 13.1 Å². The molecule has 0 aromatic heterocycles. The zero-order valence-electron chi connectivity index (χ0n) is 9.92. The van der Waals surface area contributed by atoms with E-state index in [0.29, 0.717) is 13.0 Å². The Morgan fingerprint density at radius 3 is 2.73 bits per heavy atom. The Morgan fingerprint density at radius 1 is 1.53 bits per heavy atom. The number of nitriles is 1. The number of carbonyl (C=O) groups excluding carboxylic acids is 1. The Kier molecular flexibility index (Phi) is 3.73. The molecule has 1 unspecified atom stereocenters. The fourth-order valence-electron chi connectivity index (χ4n) is 1.87. The molecule has 1 atom stereocenters. The van der Waals surface area contributed by atoms with Gasteiger partial charge in [-0.2, -0.15) is 5.26 Å². The molecule has 84 valence electrons. The summed E-state index contributed by atoms with van der Waals surface area (Å²) in [6, 6.07) is 2.26. The third-order valence-electron chi connectivity index (χ3n) is 2.64. The van der Waals surface area contributed by atoms with Crippen LogP contribution in [0.15, 0.2) is 0 Å². The second kappa shape index (κ2) is 4.65. The molecule has 1 fully saturated rings. The van der Waals surface area contributed by atoms with Gasteiger partial charge >= 0.3 is 0 Å². The van der Waals surface area contributed by atoms with Crippen LogP contribution in [-0.4, -0.2) is 23.9 Å². The Hall–Kier alpha value is -1.04. The number of rotatable bonds is 1. The topological polar surface area (TPSA) is 44.1 Å². The number of nitrogens with zero attached hydrogens (tertiary/aromatic N) is 2. The molecule has 0 aromatic rings. The monoisotopic (exact) mass is 208 g/mol. The van der Waals surface area contributed by atoms with Crippen LogP contribution in [0.2, 0.25) is 0 Å². The van der Waals surface area contributed by atoms with Crippen molar-refractivity contribution in [1.82, 2.24) is 4.90 Å². The van der Waals surface area contributed by atoms with Gasteiger partial charge in [0.05, 0.1) is 12.0 Å². The Morgan fingerprint density at radius 2 is 2.20 bits per heavy atom. The van der Waals surface area contributed by atoms with Crippen LogP contribution in [0.5, 0.6) is 0 Å². The maximum atomic E-state index is 11.9. The quantitative estimate of drug-likeness (QED) is 0.663. The lowest BCUT2D eigenvalue weighted by atomic mass is 9.90. The van der Waals surface area contributed by atoms with Crippen LogP contribution in [0.25, 0.3) is 0 Å². The molecule has 1 rings (SSSR count). The van der Waals surface area contributed by atoms with Gasteiger partial charge in [0, 0.05) is 19.5 Å². The van der Waals surface area contributed by atoms with E-state index < -0.39 is 0 Å². The van der Waals surface area contributed by atoms with Gasteiger partial charge in [-0.05, 0) is 18.3 Å². The fourth-order valence-corrected chi connectivity index (χ4v) is 1.87. The maximum absolute atomic E-state index is 11.9. The first-order chi connectivity index (χ1) is 6.92. The summed E-state index contributed by atoms with van der Waals surface area (Å²) in [5, 5.41) is 8.84. The molecule has 1 aliphatic rings. The minimum absolute atomic E-state index is 0.0384. The number of amides is 1. The van der Waals surface area contributed by atoms with Crippen molar-refractivity contribution >= 4 is 5.91 Å². The van der Waals surface area contributed by atoms with E-state index in [4.69, 9.17) is 5.26 Å². The van der Waals surface area contributed by atoms with E-state index in [0.717, 1.165) is 19.4 Å². The molecular weight excluding hydrogens is 188 g/mol. The highest BCUT2D eigenvalue weighted by Gasteiger charge is 2.26. The smallest absolute Gasteiger partial charge is 0.223 e. The first kappa shape index (κ1) is 12.0. The van der Waals surface area contributed by atoms with Crippen molar-refractivity contribution in [2.24, 2.45) is 11.3 Å². The third-order valence-corrected chi connectivity index (χ3v) is 2.64. The molecule has 1 aliphatic heterocycles. The summed E-state index contributed by atoms with van der Waals surface area (Å²) < 4.78 is 0. The Bertz CT molecular complexity index is 272. The summed E-state index contributed by atoms with van der Waals surface area (Å²) in [5.41, 5.74) is 0.0384. The van der Waals surface area contributed by atoms with Crippen molar-refractivity contribution < 1.29 is 4.79 Å². The predicted octanol–water partition coefficient (Wildman–Crippen LogP) is 2.18. The summed E-state index contributed by atoms with van der Waals surface area (Å²) in [4.78, 5) is 13.7. The molecule has 1 saturated heterocycles. The predicted molar refractivity (Wildman–Crippen MR) is 59.0 cm³/mol. The molecule has 0 aliphatic carbocycles. The summed E-state index contributed by atoms with van der Waals surface area (Å²) >= 11 is 0. The van der Waals surface area contributed by atoms with Crippen LogP contribution in [0, 0.1) is 22.7 Å². The number of hydrogen-bond donors (Lipinski definition) is 0. The highest BCUT2D eigenvalue weighted by atomic mass is 16.2. The van der Waals surface area contributed by atoms with Gasteiger partial charge in [0.2, 0.25) is 5.91 Å². The zero-order valence-corrected chi connectivity index (χ0v) is 9.92. The van der Waals surface area contributed by atoms with Gasteiger partial charge in [0.1, 0.15) is 0 Å². The van der Waals surface area contributed by atoms with Gasteiger partial charge in [0.15, 0.2) is 0 Å². The summed E-state index contributed by atoms with van der Waals surface area (Å²) in [6.07, 6.45) is 2.48. The third kappa shape index (κ3) is 3.91. The lowest BCUT2D eigenvalue weighted by molar-refractivity contribution is -0.134. The molecule has 1 heterocycles. The van der Waals surface area contributed by atoms with E-state index in [1.54, 1.807) is 0 Å². The van der Waals surface area contributed by atoms with Crippen molar-refractivity contribution in [3.8, 4) is 6.07 Å². The molecule has 15 heavy (non-hydrogen) atoms.